The van der Waals surface area contributed by atoms with Crippen molar-refractivity contribution in [3.8, 4) is 21.3 Å². The quantitative estimate of drug-likeness (QED) is 0.367. The molecule has 12 nitrogen and oxygen atoms in total. The molecule has 0 unspecified atom stereocenters. The van der Waals surface area contributed by atoms with E-state index in [0.29, 0.717) is 26.9 Å². The highest BCUT2D eigenvalue weighted by molar-refractivity contribution is 7.92. The van der Waals surface area contributed by atoms with Gasteiger partial charge in [0.05, 0.1) is 6.20 Å². The average molecular weight is 507 g/mol. The summed E-state index contributed by atoms with van der Waals surface area (Å²) >= 11 is 1.67. The van der Waals surface area contributed by atoms with E-state index in [-0.39, 0.29) is 16.5 Å². The fourth-order valence-electron chi connectivity index (χ4n) is 2.39. The van der Waals surface area contributed by atoms with Crippen LogP contribution in [0.1, 0.15) is 17.4 Å². The van der Waals surface area contributed by atoms with Gasteiger partial charge in [-0.25, -0.2) is 14.1 Å². The van der Waals surface area contributed by atoms with Crippen LogP contribution >= 0.6 is 22.7 Å². The van der Waals surface area contributed by atoms with E-state index in [2.05, 4.69) is 35.7 Å². The van der Waals surface area contributed by atoms with Crippen LogP contribution in [0.2, 0.25) is 0 Å². The van der Waals surface area contributed by atoms with E-state index in [9.17, 15) is 22.4 Å². The molecule has 0 radical (unpaired) electrons. The number of nitrogens with one attached hydrogen (secondary N) is 2. The molecule has 0 aliphatic heterocycles. The molecular weight excluding hydrogens is 495 g/mol. The summed E-state index contributed by atoms with van der Waals surface area (Å²) in [6.45, 7) is 1.23. The van der Waals surface area contributed by atoms with Gasteiger partial charge in [-0.2, -0.15) is 8.42 Å². The van der Waals surface area contributed by atoms with Gasteiger partial charge in [0.1, 0.15) is 22.2 Å². The molecule has 168 valence electrons. The van der Waals surface area contributed by atoms with Crippen LogP contribution in [-0.4, -0.2) is 50.6 Å². The molecule has 33 heavy (non-hydrogen) atoms. The maximum Gasteiger partial charge on any atom is 0.293 e. The summed E-state index contributed by atoms with van der Waals surface area (Å²) in [5.74, 6) is -1.98. The van der Waals surface area contributed by atoms with Gasteiger partial charge in [0, 0.05) is 18.7 Å². The van der Waals surface area contributed by atoms with Crippen molar-refractivity contribution in [2.45, 2.75) is 11.3 Å². The van der Waals surface area contributed by atoms with E-state index in [1.165, 1.54) is 31.3 Å². The first kappa shape index (κ1) is 22.4. The number of amides is 2. The third kappa shape index (κ3) is 5.18. The zero-order valence-electron chi connectivity index (χ0n) is 16.4. The number of carbonyl (C=O) groups is 2. The predicted molar refractivity (Wildman–Crippen MR) is 115 cm³/mol. The Morgan fingerprint density at radius 2 is 1.82 bits per heavy atom. The van der Waals surface area contributed by atoms with Crippen molar-refractivity contribution in [1.82, 2.24) is 35.1 Å². The molecular formula is C17H11FN8O4S3. The van der Waals surface area contributed by atoms with E-state index < -0.39 is 32.0 Å². The number of halogens is 1. The number of anilines is 1. The minimum atomic E-state index is -4.35. The van der Waals surface area contributed by atoms with Crippen LogP contribution in [0.25, 0.3) is 21.3 Å². The van der Waals surface area contributed by atoms with Crippen molar-refractivity contribution in [3.05, 3.63) is 48.2 Å². The highest BCUT2D eigenvalue weighted by Crippen LogP contribution is 2.29. The van der Waals surface area contributed by atoms with Gasteiger partial charge < -0.3 is 5.32 Å². The van der Waals surface area contributed by atoms with E-state index in [0.717, 1.165) is 17.5 Å². The summed E-state index contributed by atoms with van der Waals surface area (Å²) in [4.78, 5) is 31.5. The van der Waals surface area contributed by atoms with Gasteiger partial charge in [-0.3, -0.25) is 14.6 Å². The summed E-state index contributed by atoms with van der Waals surface area (Å²) in [7, 11) is -4.35. The fraction of sp³-hybridized carbons (Fsp3) is 0.0588. The maximum absolute atomic E-state index is 13.4. The SMILES string of the molecule is CC(=O)Nc1nnc(S(=O)(=O)NC(=O)c2cccc(-c3nnc(-c4cncc(F)c4)s3)n2)s1. The lowest BCUT2D eigenvalue weighted by molar-refractivity contribution is -0.114. The van der Waals surface area contributed by atoms with Crippen LogP contribution in [0.3, 0.4) is 0 Å². The van der Waals surface area contributed by atoms with Gasteiger partial charge in [0.2, 0.25) is 11.0 Å². The van der Waals surface area contributed by atoms with E-state index in [1.807, 2.05) is 4.72 Å². The molecule has 4 heterocycles. The lowest BCUT2D eigenvalue weighted by Crippen LogP contribution is -2.31. The second-order valence-electron chi connectivity index (χ2n) is 6.20. The largest absolute Gasteiger partial charge is 0.301 e. The Bertz CT molecular complexity index is 1470. The molecule has 0 saturated carbocycles. The lowest BCUT2D eigenvalue weighted by Gasteiger charge is -2.04. The van der Waals surface area contributed by atoms with Crippen molar-refractivity contribution < 1.29 is 22.4 Å². The Morgan fingerprint density at radius 3 is 2.58 bits per heavy atom. The predicted octanol–water partition coefficient (Wildman–Crippen LogP) is 1.73. The lowest BCUT2D eigenvalue weighted by atomic mass is 10.3. The first-order valence-electron chi connectivity index (χ1n) is 8.81. The molecule has 0 aliphatic rings. The van der Waals surface area contributed by atoms with Gasteiger partial charge in [0.15, 0.2) is 5.01 Å². The number of hydrogen-bond donors (Lipinski definition) is 2. The molecule has 16 heteroatoms. The zero-order chi connectivity index (χ0) is 23.6. The number of carbonyl (C=O) groups excluding carboxylic acids is 2. The van der Waals surface area contributed by atoms with E-state index in [4.69, 9.17) is 0 Å². The van der Waals surface area contributed by atoms with Crippen molar-refractivity contribution in [2.75, 3.05) is 5.32 Å². The number of aromatic nitrogens is 6. The van der Waals surface area contributed by atoms with E-state index >= 15 is 0 Å². The normalized spacial score (nSPS) is 11.2. The summed E-state index contributed by atoms with van der Waals surface area (Å²) in [6.07, 6.45) is 2.49. The topological polar surface area (TPSA) is 170 Å². The molecule has 0 saturated heterocycles. The van der Waals surface area contributed by atoms with E-state index in [1.54, 1.807) is 6.07 Å². The van der Waals surface area contributed by atoms with Gasteiger partial charge in [-0.05, 0) is 18.2 Å². The third-order valence-electron chi connectivity index (χ3n) is 3.72. The van der Waals surface area contributed by atoms with Gasteiger partial charge in [-0.15, -0.1) is 20.4 Å². The molecule has 4 aromatic heterocycles. The summed E-state index contributed by atoms with van der Waals surface area (Å²) in [5, 5.41) is 18.0. The summed E-state index contributed by atoms with van der Waals surface area (Å²) in [5.41, 5.74) is 0.485. The Labute approximate surface area is 193 Å². The highest BCUT2D eigenvalue weighted by Gasteiger charge is 2.25. The molecule has 0 bridgehead atoms. The van der Waals surface area contributed by atoms with Crippen molar-refractivity contribution in [3.63, 3.8) is 0 Å². The van der Waals surface area contributed by atoms with Crippen molar-refractivity contribution in [1.29, 1.82) is 0 Å². The smallest absolute Gasteiger partial charge is 0.293 e. The summed E-state index contributed by atoms with van der Waals surface area (Å²) < 4.78 is 39.6. The molecule has 2 N–H and O–H groups in total. The molecule has 4 aromatic rings. The van der Waals surface area contributed by atoms with Gasteiger partial charge in [-0.1, -0.05) is 28.7 Å². The highest BCUT2D eigenvalue weighted by atomic mass is 32.2. The van der Waals surface area contributed by atoms with Crippen LogP contribution in [-0.2, 0) is 14.8 Å². The average Bonchev–Trinajstić information content (AvgIpc) is 3.43. The Morgan fingerprint density at radius 1 is 1.03 bits per heavy atom. The monoisotopic (exact) mass is 506 g/mol. The Balaban J connectivity index is 1.53. The molecule has 4 rings (SSSR count). The second kappa shape index (κ2) is 9.00. The number of pyridine rings is 2. The van der Waals surface area contributed by atoms with Crippen LogP contribution in [0.4, 0.5) is 9.52 Å². The minimum absolute atomic E-state index is 0.0315. The van der Waals surface area contributed by atoms with Crippen LogP contribution in [0.15, 0.2) is 41.0 Å². The first-order chi connectivity index (χ1) is 15.7. The van der Waals surface area contributed by atoms with Crippen molar-refractivity contribution >= 4 is 49.6 Å². The number of sulfonamides is 1. The fourth-order valence-corrected chi connectivity index (χ4v) is 5.09. The van der Waals surface area contributed by atoms with Gasteiger partial charge in [0.25, 0.3) is 20.3 Å². The molecule has 2 amide bonds. The molecule has 0 spiro atoms. The second-order valence-corrected chi connectivity index (χ2v) is 10.0. The Kier molecular flexibility index (Phi) is 6.12. The number of rotatable bonds is 6. The standard InChI is InChI=1S/C17H11FN8O4S3/c1-8(27)20-16-24-25-17(32-16)33(29,30)26-13(28)11-3-2-4-12(21-11)15-23-22-14(31-15)9-5-10(18)7-19-6-9/h2-7H,1H3,(H,26,28)(H,20,24,27). The molecule has 0 aromatic carbocycles. The van der Waals surface area contributed by atoms with Crippen molar-refractivity contribution in [2.24, 2.45) is 0 Å². The Hall–Kier alpha value is -3.76. The minimum Gasteiger partial charge on any atom is -0.301 e. The maximum atomic E-state index is 13.4. The van der Waals surface area contributed by atoms with Gasteiger partial charge >= 0.3 is 0 Å². The van der Waals surface area contributed by atoms with Crippen LogP contribution in [0, 0.1) is 5.82 Å². The number of hydrogen-bond acceptors (Lipinski definition) is 12. The molecule has 0 aliphatic carbocycles. The van der Waals surface area contributed by atoms with Crippen LogP contribution < -0.4 is 10.0 Å². The third-order valence-corrected chi connectivity index (χ3v) is 7.26. The molecule has 0 atom stereocenters. The summed E-state index contributed by atoms with van der Waals surface area (Å²) in [6, 6.07) is 5.62. The van der Waals surface area contributed by atoms with Crippen LogP contribution in [0.5, 0.6) is 0 Å². The molecule has 0 fully saturated rings. The zero-order valence-corrected chi connectivity index (χ0v) is 18.8. The number of nitrogens with zero attached hydrogens (tertiary/aromatic N) is 6. The first-order valence-corrected chi connectivity index (χ1v) is 11.9.